The molecule has 0 N–H and O–H groups in total. The summed E-state index contributed by atoms with van der Waals surface area (Å²) in [7, 11) is 0. The summed E-state index contributed by atoms with van der Waals surface area (Å²) in [5, 5.41) is 0. The molecule has 1 atom stereocenters. The molecule has 6 nitrogen and oxygen atoms in total. The van der Waals surface area contributed by atoms with E-state index in [9.17, 15) is 4.79 Å². The van der Waals surface area contributed by atoms with Crippen molar-refractivity contribution in [2.75, 3.05) is 32.8 Å². The largest absolute Gasteiger partial charge is 0.494 e. The molecule has 3 heterocycles. The summed E-state index contributed by atoms with van der Waals surface area (Å²) in [6, 6.07) is 8.54. The third-order valence-corrected chi connectivity index (χ3v) is 6.24. The van der Waals surface area contributed by atoms with E-state index in [0.29, 0.717) is 24.0 Å². The van der Waals surface area contributed by atoms with Crippen LogP contribution in [0.5, 0.6) is 5.75 Å². The summed E-state index contributed by atoms with van der Waals surface area (Å²) in [5.41, 5.74) is 1.59. The van der Waals surface area contributed by atoms with Crippen LogP contribution in [0.25, 0.3) is 11.5 Å². The Labute approximate surface area is 179 Å². The summed E-state index contributed by atoms with van der Waals surface area (Å²) in [4.78, 5) is 21.4. The second kappa shape index (κ2) is 10.1. The van der Waals surface area contributed by atoms with Gasteiger partial charge in [-0.2, -0.15) is 0 Å². The number of amides is 1. The van der Waals surface area contributed by atoms with Crippen LogP contribution in [0.15, 0.2) is 34.9 Å². The van der Waals surface area contributed by atoms with Gasteiger partial charge in [0, 0.05) is 31.2 Å². The highest BCUT2D eigenvalue weighted by Gasteiger charge is 2.20. The van der Waals surface area contributed by atoms with Gasteiger partial charge in [0.2, 0.25) is 11.8 Å². The van der Waals surface area contributed by atoms with E-state index in [1.165, 1.54) is 25.8 Å². The SMILES string of the molecule is CC1CCCN1CCCOc1ccc(-c2nc(CC(=O)N3CCCCC3)co2)cc1. The van der Waals surface area contributed by atoms with Crippen molar-refractivity contribution in [3.05, 3.63) is 36.2 Å². The predicted octanol–water partition coefficient (Wildman–Crippen LogP) is 4.15. The zero-order valence-corrected chi connectivity index (χ0v) is 18.0. The molecule has 0 aliphatic carbocycles. The maximum atomic E-state index is 12.4. The van der Waals surface area contributed by atoms with E-state index < -0.39 is 0 Å². The average molecular weight is 412 g/mol. The van der Waals surface area contributed by atoms with Crippen molar-refractivity contribution in [2.24, 2.45) is 0 Å². The zero-order chi connectivity index (χ0) is 20.8. The minimum atomic E-state index is 0.140. The molecule has 2 aliphatic rings. The molecule has 2 aromatic rings. The van der Waals surface area contributed by atoms with Gasteiger partial charge in [-0.3, -0.25) is 4.79 Å². The van der Waals surface area contributed by atoms with Gasteiger partial charge < -0.3 is 19.0 Å². The molecule has 0 bridgehead atoms. The van der Waals surface area contributed by atoms with Gasteiger partial charge >= 0.3 is 0 Å². The Morgan fingerprint density at radius 1 is 1.13 bits per heavy atom. The van der Waals surface area contributed by atoms with E-state index in [4.69, 9.17) is 9.15 Å². The number of ether oxygens (including phenoxy) is 1. The number of aromatic nitrogens is 1. The van der Waals surface area contributed by atoms with Crippen LogP contribution in [-0.4, -0.2) is 59.5 Å². The summed E-state index contributed by atoms with van der Waals surface area (Å²) >= 11 is 0. The number of likely N-dealkylation sites (tertiary alicyclic amines) is 2. The van der Waals surface area contributed by atoms with Crippen LogP contribution in [0.1, 0.15) is 51.1 Å². The van der Waals surface area contributed by atoms with Gasteiger partial charge in [-0.05, 0) is 76.3 Å². The molecule has 4 rings (SSSR count). The van der Waals surface area contributed by atoms with Gasteiger partial charge in [0.1, 0.15) is 12.0 Å². The molecule has 1 unspecified atom stereocenters. The Morgan fingerprint density at radius 2 is 1.93 bits per heavy atom. The Hall–Kier alpha value is -2.34. The van der Waals surface area contributed by atoms with Crippen molar-refractivity contribution in [1.29, 1.82) is 0 Å². The number of rotatable bonds is 8. The van der Waals surface area contributed by atoms with Crippen LogP contribution < -0.4 is 4.74 Å². The molecule has 0 radical (unpaired) electrons. The van der Waals surface area contributed by atoms with Crippen molar-refractivity contribution in [3.8, 4) is 17.2 Å². The van der Waals surface area contributed by atoms with E-state index in [-0.39, 0.29) is 5.91 Å². The van der Waals surface area contributed by atoms with Crippen LogP contribution in [0.3, 0.4) is 0 Å². The van der Waals surface area contributed by atoms with Gasteiger partial charge in [0.15, 0.2) is 0 Å². The van der Waals surface area contributed by atoms with E-state index in [2.05, 4.69) is 16.8 Å². The normalized spacial score (nSPS) is 19.9. The van der Waals surface area contributed by atoms with Gasteiger partial charge in [0.05, 0.1) is 18.7 Å². The standard InChI is InChI=1S/C24H33N3O3/c1-19-7-5-14-26(19)15-6-16-29-22-10-8-20(9-11-22)24-25-21(18-30-24)17-23(28)27-12-3-2-4-13-27/h8-11,18-19H,2-7,12-17H2,1H3. The van der Waals surface area contributed by atoms with Crippen molar-refractivity contribution >= 4 is 5.91 Å². The van der Waals surface area contributed by atoms with Crippen LogP contribution in [0, 0.1) is 0 Å². The topological polar surface area (TPSA) is 58.8 Å². The first-order valence-electron chi connectivity index (χ1n) is 11.4. The number of benzene rings is 1. The van der Waals surface area contributed by atoms with Crippen LogP contribution in [0.4, 0.5) is 0 Å². The molecule has 30 heavy (non-hydrogen) atoms. The third kappa shape index (κ3) is 5.42. The molecule has 162 valence electrons. The van der Waals surface area contributed by atoms with Crippen molar-refractivity contribution in [1.82, 2.24) is 14.8 Å². The molecule has 2 aliphatic heterocycles. The lowest BCUT2D eigenvalue weighted by molar-refractivity contribution is -0.131. The Balaban J connectivity index is 1.24. The second-order valence-corrected chi connectivity index (χ2v) is 8.52. The summed E-state index contributed by atoms with van der Waals surface area (Å²) in [6.45, 7) is 7.09. The first-order chi connectivity index (χ1) is 14.7. The average Bonchev–Trinajstić information content (AvgIpc) is 3.41. The maximum Gasteiger partial charge on any atom is 0.228 e. The molecule has 6 heteroatoms. The van der Waals surface area contributed by atoms with Gasteiger partial charge in [-0.25, -0.2) is 4.98 Å². The number of hydrogen-bond donors (Lipinski definition) is 0. The summed E-state index contributed by atoms with van der Waals surface area (Å²) in [5.74, 6) is 1.55. The second-order valence-electron chi connectivity index (χ2n) is 8.52. The highest BCUT2D eigenvalue weighted by molar-refractivity contribution is 5.78. The highest BCUT2D eigenvalue weighted by Crippen LogP contribution is 2.23. The maximum absolute atomic E-state index is 12.4. The molecule has 1 aromatic heterocycles. The Kier molecular flexibility index (Phi) is 7.05. The highest BCUT2D eigenvalue weighted by atomic mass is 16.5. The van der Waals surface area contributed by atoms with Crippen LogP contribution in [-0.2, 0) is 11.2 Å². The fourth-order valence-corrected chi connectivity index (χ4v) is 4.41. The fourth-order valence-electron chi connectivity index (χ4n) is 4.41. The molecule has 2 fully saturated rings. The minimum Gasteiger partial charge on any atom is -0.494 e. The number of oxazole rings is 1. The van der Waals surface area contributed by atoms with Gasteiger partial charge in [-0.15, -0.1) is 0 Å². The van der Waals surface area contributed by atoms with Crippen molar-refractivity contribution < 1.29 is 13.9 Å². The van der Waals surface area contributed by atoms with Crippen molar-refractivity contribution in [2.45, 2.75) is 57.9 Å². The van der Waals surface area contributed by atoms with Gasteiger partial charge in [0.25, 0.3) is 0 Å². The first-order valence-corrected chi connectivity index (χ1v) is 11.4. The Bertz CT molecular complexity index is 811. The van der Waals surface area contributed by atoms with Crippen LogP contribution in [0.2, 0.25) is 0 Å². The first kappa shape index (κ1) is 20.9. The lowest BCUT2D eigenvalue weighted by Gasteiger charge is -2.26. The molecule has 2 saturated heterocycles. The number of carbonyl (C=O) groups excluding carboxylic acids is 1. The quantitative estimate of drug-likeness (QED) is 0.611. The lowest BCUT2D eigenvalue weighted by atomic mass is 10.1. The molecule has 0 saturated carbocycles. The predicted molar refractivity (Wildman–Crippen MR) is 116 cm³/mol. The number of hydrogen-bond acceptors (Lipinski definition) is 5. The van der Waals surface area contributed by atoms with E-state index >= 15 is 0 Å². The van der Waals surface area contributed by atoms with E-state index in [1.54, 1.807) is 6.26 Å². The third-order valence-electron chi connectivity index (χ3n) is 6.24. The lowest BCUT2D eigenvalue weighted by Crippen LogP contribution is -2.36. The zero-order valence-electron chi connectivity index (χ0n) is 18.0. The summed E-state index contributed by atoms with van der Waals surface area (Å²) in [6.07, 6.45) is 9.00. The Morgan fingerprint density at radius 3 is 2.67 bits per heavy atom. The number of piperidine rings is 1. The van der Waals surface area contributed by atoms with Gasteiger partial charge in [-0.1, -0.05) is 0 Å². The van der Waals surface area contributed by atoms with Crippen LogP contribution >= 0.6 is 0 Å². The molecule has 1 amide bonds. The van der Waals surface area contributed by atoms with E-state index in [1.807, 2.05) is 29.2 Å². The molecular formula is C24H33N3O3. The fraction of sp³-hybridized carbons (Fsp3) is 0.583. The number of carbonyl (C=O) groups is 1. The van der Waals surface area contributed by atoms with Crippen molar-refractivity contribution in [3.63, 3.8) is 0 Å². The number of nitrogens with zero attached hydrogens (tertiary/aromatic N) is 3. The smallest absolute Gasteiger partial charge is 0.228 e. The molecule has 0 spiro atoms. The molecule has 1 aromatic carbocycles. The minimum absolute atomic E-state index is 0.140. The van der Waals surface area contributed by atoms with E-state index in [0.717, 1.165) is 56.8 Å². The monoisotopic (exact) mass is 411 g/mol. The summed E-state index contributed by atoms with van der Waals surface area (Å²) < 4.78 is 11.5. The molecular weight excluding hydrogens is 378 g/mol.